The highest BCUT2D eigenvalue weighted by Gasteiger charge is 2.09. The van der Waals surface area contributed by atoms with Gasteiger partial charge in [0.15, 0.2) is 0 Å². The number of nitrogens with one attached hydrogen (secondary N) is 2. The molecule has 0 aliphatic heterocycles. The van der Waals surface area contributed by atoms with Gasteiger partial charge in [-0.15, -0.1) is 0 Å². The molecule has 2 aromatic carbocycles. The zero-order valence-corrected chi connectivity index (χ0v) is 16.3. The smallest absolute Gasteiger partial charge is 0.253 e. The molecule has 6 nitrogen and oxygen atoms in total. The number of anilines is 2. The predicted octanol–water partition coefficient (Wildman–Crippen LogP) is 4.43. The number of rotatable bonds is 7. The molecule has 0 saturated carbocycles. The van der Waals surface area contributed by atoms with E-state index in [-0.39, 0.29) is 5.91 Å². The van der Waals surface area contributed by atoms with Crippen LogP contribution in [0.25, 0.3) is 0 Å². The molecule has 0 radical (unpaired) electrons. The van der Waals surface area contributed by atoms with E-state index in [0.29, 0.717) is 28.6 Å². The highest BCUT2D eigenvalue weighted by atomic mass is 35.5. The van der Waals surface area contributed by atoms with Crippen LogP contribution in [0, 0.1) is 0 Å². The van der Waals surface area contributed by atoms with Crippen molar-refractivity contribution in [2.75, 3.05) is 19.5 Å². The normalized spacial score (nSPS) is 10.2. The number of carbonyl (C=O) groups is 1. The molecule has 2 N–H and O–H groups in total. The molecule has 7 heteroatoms. The maximum atomic E-state index is 12.5. The van der Waals surface area contributed by atoms with Gasteiger partial charge in [-0.05, 0) is 30.3 Å². The van der Waals surface area contributed by atoms with Crippen LogP contribution in [0.3, 0.4) is 0 Å². The molecule has 3 rings (SSSR count). The summed E-state index contributed by atoms with van der Waals surface area (Å²) in [6.07, 6.45) is 3.15. The van der Waals surface area contributed by atoms with Crippen LogP contribution in [-0.4, -0.2) is 25.1 Å². The molecule has 1 aromatic heterocycles. The van der Waals surface area contributed by atoms with Gasteiger partial charge >= 0.3 is 0 Å². The standard InChI is InChI=1S/C21H20ClN3O3/c1-27-19-6-4-3-5-14(19)12-24-21(26)15-9-17(13-23-11-15)25-16-7-8-20(28-2)18(22)10-16/h3-11,13,25H,12H2,1-2H3,(H,24,26). The van der Waals surface area contributed by atoms with E-state index in [0.717, 1.165) is 17.0 Å². The highest BCUT2D eigenvalue weighted by molar-refractivity contribution is 6.32. The maximum Gasteiger partial charge on any atom is 0.253 e. The predicted molar refractivity (Wildman–Crippen MR) is 110 cm³/mol. The molecule has 0 bridgehead atoms. The third-order valence-corrected chi connectivity index (χ3v) is 4.37. The van der Waals surface area contributed by atoms with Crippen LogP contribution in [0.15, 0.2) is 60.9 Å². The first-order chi connectivity index (χ1) is 13.6. The fraction of sp³-hybridized carbons (Fsp3) is 0.143. The lowest BCUT2D eigenvalue weighted by molar-refractivity contribution is 0.0950. The molecule has 0 saturated heterocycles. The minimum absolute atomic E-state index is 0.227. The maximum absolute atomic E-state index is 12.5. The Bertz CT molecular complexity index is 979. The molecule has 1 amide bonds. The molecule has 144 valence electrons. The summed E-state index contributed by atoms with van der Waals surface area (Å²) in [7, 11) is 3.16. The number of methoxy groups -OCH3 is 2. The number of halogens is 1. The van der Waals surface area contributed by atoms with Gasteiger partial charge in [0.05, 0.1) is 36.7 Å². The Morgan fingerprint density at radius 3 is 2.54 bits per heavy atom. The van der Waals surface area contributed by atoms with Crippen LogP contribution in [0.2, 0.25) is 5.02 Å². The summed E-state index contributed by atoms with van der Waals surface area (Å²) in [5.74, 6) is 1.09. The average molecular weight is 398 g/mol. The number of carbonyl (C=O) groups excluding carboxylic acids is 1. The van der Waals surface area contributed by atoms with Crippen molar-refractivity contribution in [3.05, 3.63) is 77.1 Å². The van der Waals surface area contributed by atoms with Crippen molar-refractivity contribution < 1.29 is 14.3 Å². The van der Waals surface area contributed by atoms with Crippen molar-refractivity contribution in [2.45, 2.75) is 6.54 Å². The van der Waals surface area contributed by atoms with E-state index in [1.807, 2.05) is 30.3 Å². The third kappa shape index (κ3) is 4.72. The molecular formula is C21H20ClN3O3. The minimum Gasteiger partial charge on any atom is -0.496 e. The Morgan fingerprint density at radius 2 is 1.79 bits per heavy atom. The molecule has 0 aliphatic carbocycles. The number of ether oxygens (including phenoxy) is 2. The van der Waals surface area contributed by atoms with Crippen LogP contribution in [0.5, 0.6) is 11.5 Å². The van der Waals surface area contributed by atoms with E-state index in [1.54, 1.807) is 38.6 Å². The molecule has 0 atom stereocenters. The molecule has 1 heterocycles. The quantitative estimate of drug-likeness (QED) is 0.617. The number of aromatic nitrogens is 1. The van der Waals surface area contributed by atoms with Crippen LogP contribution >= 0.6 is 11.6 Å². The third-order valence-electron chi connectivity index (χ3n) is 4.07. The van der Waals surface area contributed by atoms with Crippen LogP contribution in [0.4, 0.5) is 11.4 Å². The van der Waals surface area contributed by atoms with Crippen molar-refractivity contribution in [1.82, 2.24) is 10.3 Å². The second kappa shape index (κ2) is 9.10. The van der Waals surface area contributed by atoms with E-state index in [9.17, 15) is 4.79 Å². The van der Waals surface area contributed by atoms with E-state index in [2.05, 4.69) is 15.6 Å². The summed E-state index contributed by atoms with van der Waals surface area (Å²) >= 11 is 6.15. The lowest BCUT2D eigenvalue weighted by Gasteiger charge is -2.11. The van der Waals surface area contributed by atoms with Gasteiger partial charge in [-0.1, -0.05) is 29.8 Å². The lowest BCUT2D eigenvalue weighted by Crippen LogP contribution is -2.23. The summed E-state index contributed by atoms with van der Waals surface area (Å²) in [5, 5.41) is 6.55. The number of hydrogen-bond donors (Lipinski definition) is 2. The van der Waals surface area contributed by atoms with Gasteiger partial charge in [0.1, 0.15) is 11.5 Å². The van der Waals surface area contributed by atoms with Crippen molar-refractivity contribution in [1.29, 1.82) is 0 Å². The Morgan fingerprint density at radius 1 is 1.00 bits per heavy atom. The van der Waals surface area contributed by atoms with Crippen LogP contribution in [0.1, 0.15) is 15.9 Å². The zero-order valence-electron chi connectivity index (χ0n) is 15.5. The Hall–Kier alpha value is -3.25. The lowest BCUT2D eigenvalue weighted by atomic mass is 10.2. The largest absolute Gasteiger partial charge is 0.496 e. The van der Waals surface area contributed by atoms with Crippen molar-refractivity contribution >= 4 is 28.9 Å². The molecule has 0 spiro atoms. The monoisotopic (exact) mass is 397 g/mol. The Balaban J connectivity index is 1.68. The number of para-hydroxylation sites is 1. The molecule has 28 heavy (non-hydrogen) atoms. The second-order valence-electron chi connectivity index (χ2n) is 5.93. The summed E-state index contributed by atoms with van der Waals surface area (Å²) in [5.41, 5.74) is 2.78. The number of pyridine rings is 1. The van der Waals surface area contributed by atoms with Gasteiger partial charge < -0.3 is 20.1 Å². The van der Waals surface area contributed by atoms with E-state index < -0.39 is 0 Å². The molecule has 3 aromatic rings. The summed E-state index contributed by atoms with van der Waals surface area (Å²) in [6, 6.07) is 14.6. The molecule has 0 fully saturated rings. The Kier molecular flexibility index (Phi) is 6.34. The van der Waals surface area contributed by atoms with Gasteiger partial charge in [0.25, 0.3) is 5.91 Å². The van der Waals surface area contributed by atoms with Gasteiger partial charge in [0, 0.05) is 24.0 Å². The van der Waals surface area contributed by atoms with E-state index in [4.69, 9.17) is 21.1 Å². The number of amides is 1. The van der Waals surface area contributed by atoms with Crippen LogP contribution < -0.4 is 20.1 Å². The highest BCUT2D eigenvalue weighted by Crippen LogP contribution is 2.28. The minimum atomic E-state index is -0.227. The molecule has 0 aliphatic rings. The second-order valence-corrected chi connectivity index (χ2v) is 6.34. The Labute approximate surface area is 168 Å². The fourth-order valence-corrected chi connectivity index (χ4v) is 2.93. The van der Waals surface area contributed by atoms with Gasteiger partial charge in [0.2, 0.25) is 0 Å². The van der Waals surface area contributed by atoms with Crippen molar-refractivity contribution in [3.63, 3.8) is 0 Å². The summed E-state index contributed by atoms with van der Waals surface area (Å²) in [4.78, 5) is 16.6. The number of hydrogen-bond acceptors (Lipinski definition) is 5. The van der Waals surface area contributed by atoms with E-state index in [1.165, 1.54) is 6.20 Å². The number of nitrogens with zero attached hydrogens (tertiary/aromatic N) is 1. The van der Waals surface area contributed by atoms with Gasteiger partial charge in [-0.2, -0.15) is 0 Å². The first kappa shape index (κ1) is 19.5. The topological polar surface area (TPSA) is 72.5 Å². The zero-order chi connectivity index (χ0) is 19.9. The van der Waals surface area contributed by atoms with Gasteiger partial charge in [-0.3, -0.25) is 9.78 Å². The molecule has 0 unspecified atom stereocenters. The average Bonchev–Trinajstić information content (AvgIpc) is 2.72. The SMILES string of the molecule is COc1ccc(Nc2cncc(C(=O)NCc3ccccc3OC)c2)cc1Cl. The summed E-state index contributed by atoms with van der Waals surface area (Å²) in [6.45, 7) is 0.356. The van der Waals surface area contributed by atoms with Gasteiger partial charge in [-0.25, -0.2) is 0 Å². The summed E-state index contributed by atoms with van der Waals surface area (Å²) < 4.78 is 10.4. The first-order valence-electron chi connectivity index (χ1n) is 8.56. The number of benzene rings is 2. The first-order valence-corrected chi connectivity index (χ1v) is 8.94. The fourth-order valence-electron chi connectivity index (χ4n) is 2.67. The van der Waals surface area contributed by atoms with Crippen molar-refractivity contribution in [3.8, 4) is 11.5 Å². The van der Waals surface area contributed by atoms with Crippen LogP contribution in [-0.2, 0) is 6.54 Å². The van der Waals surface area contributed by atoms with Crippen molar-refractivity contribution in [2.24, 2.45) is 0 Å². The molecular weight excluding hydrogens is 378 g/mol. The van der Waals surface area contributed by atoms with E-state index >= 15 is 0 Å².